The number of ether oxygens (including phenoxy) is 1. The van der Waals surface area contributed by atoms with Crippen LogP contribution in [-0.2, 0) is 0 Å². The van der Waals surface area contributed by atoms with Crippen LogP contribution in [0.3, 0.4) is 0 Å². The smallest absolute Gasteiger partial charge is 0.270 e. The van der Waals surface area contributed by atoms with Gasteiger partial charge in [-0.05, 0) is 22.4 Å². The van der Waals surface area contributed by atoms with Crippen LogP contribution in [0.2, 0.25) is 0 Å². The first-order chi connectivity index (χ1) is 12.6. The van der Waals surface area contributed by atoms with E-state index in [0.717, 1.165) is 5.56 Å². The van der Waals surface area contributed by atoms with Crippen molar-refractivity contribution in [2.75, 3.05) is 0 Å². The molecule has 0 saturated heterocycles. The van der Waals surface area contributed by atoms with E-state index in [1.54, 1.807) is 12.1 Å². The SMILES string of the molecule is N#CC1=C(N)Oc2n[nH]c(-c3cccc([N+](=O)[O-])c3)c2C1c1ccsc1. The predicted molar refractivity (Wildman–Crippen MR) is 94.3 cm³/mol. The molecule has 0 aliphatic carbocycles. The first-order valence-corrected chi connectivity index (χ1v) is 8.47. The van der Waals surface area contributed by atoms with Crippen molar-refractivity contribution in [2.45, 2.75) is 5.92 Å². The third-order valence-electron chi connectivity index (χ3n) is 4.16. The zero-order valence-electron chi connectivity index (χ0n) is 13.2. The van der Waals surface area contributed by atoms with Gasteiger partial charge in [-0.25, -0.2) is 0 Å². The third-order valence-corrected chi connectivity index (χ3v) is 4.86. The summed E-state index contributed by atoms with van der Waals surface area (Å²) in [6.45, 7) is 0. The maximum atomic E-state index is 11.1. The minimum absolute atomic E-state index is 0.00768. The molecule has 1 atom stereocenters. The highest BCUT2D eigenvalue weighted by atomic mass is 32.1. The lowest BCUT2D eigenvalue weighted by atomic mass is 9.84. The summed E-state index contributed by atoms with van der Waals surface area (Å²) in [6.07, 6.45) is 0. The second-order valence-electron chi connectivity index (χ2n) is 5.61. The molecule has 8 nitrogen and oxygen atoms in total. The lowest BCUT2D eigenvalue weighted by molar-refractivity contribution is -0.384. The topological polar surface area (TPSA) is 131 Å². The normalized spacial score (nSPS) is 15.9. The summed E-state index contributed by atoms with van der Waals surface area (Å²) in [7, 11) is 0. The van der Waals surface area contributed by atoms with Crippen LogP contribution in [0.25, 0.3) is 11.3 Å². The van der Waals surface area contributed by atoms with E-state index in [2.05, 4.69) is 16.3 Å². The first kappa shape index (κ1) is 15.9. The number of benzene rings is 1. The number of thiophene rings is 1. The van der Waals surface area contributed by atoms with E-state index in [4.69, 9.17) is 10.5 Å². The van der Waals surface area contributed by atoms with Crippen LogP contribution in [0, 0.1) is 21.4 Å². The Labute approximate surface area is 151 Å². The maximum absolute atomic E-state index is 11.1. The molecule has 1 aromatic carbocycles. The largest absolute Gasteiger partial charge is 0.420 e. The van der Waals surface area contributed by atoms with Gasteiger partial charge in [-0.2, -0.15) is 16.6 Å². The number of aromatic amines is 1. The van der Waals surface area contributed by atoms with E-state index in [0.29, 0.717) is 16.8 Å². The highest BCUT2D eigenvalue weighted by Gasteiger charge is 2.35. The van der Waals surface area contributed by atoms with Gasteiger partial charge in [0.15, 0.2) is 0 Å². The van der Waals surface area contributed by atoms with Crippen molar-refractivity contribution in [1.29, 1.82) is 5.26 Å². The van der Waals surface area contributed by atoms with Crippen molar-refractivity contribution in [3.8, 4) is 23.2 Å². The van der Waals surface area contributed by atoms with Crippen LogP contribution in [0.15, 0.2) is 52.5 Å². The number of allylic oxidation sites excluding steroid dienone is 1. The molecule has 3 heterocycles. The Hall–Kier alpha value is -3.64. The number of hydrogen-bond donors (Lipinski definition) is 2. The fourth-order valence-electron chi connectivity index (χ4n) is 3.01. The predicted octanol–water partition coefficient (Wildman–Crippen LogP) is 3.26. The van der Waals surface area contributed by atoms with E-state index in [1.165, 1.54) is 23.5 Å². The van der Waals surface area contributed by atoms with Crippen LogP contribution in [-0.4, -0.2) is 15.1 Å². The van der Waals surface area contributed by atoms with Gasteiger partial charge in [-0.1, -0.05) is 12.1 Å². The van der Waals surface area contributed by atoms with E-state index in [1.807, 2.05) is 16.8 Å². The molecule has 4 rings (SSSR count). The quantitative estimate of drug-likeness (QED) is 0.541. The Balaban J connectivity index is 1.93. The number of hydrogen-bond acceptors (Lipinski definition) is 7. The average molecular weight is 365 g/mol. The van der Waals surface area contributed by atoms with Crippen molar-refractivity contribution in [3.05, 3.63) is 73.8 Å². The summed E-state index contributed by atoms with van der Waals surface area (Å²) in [5.41, 5.74) is 8.80. The van der Waals surface area contributed by atoms with E-state index < -0.39 is 10.8 Å². The number of rotatable bonds is 3. The maximum Gasteiger partial charge on any atom is 0.270 e. The number of non-ortho nitro benzene ring substituents is 1. The number of nitro benzene ring substituents is 1. The fraction of sp³-hybridized carbons (Fsp3) is 0.0588. The van der Waals surface area contributed by atoms with Crippen LogP contribution < -0.4 is 10.5 Å². The van der Waals surface area contributed by atoms with Crippen molar-refractivity contribution in [1.82, 2.24) is 10.2 Å². The zero-order chi connectivity index (χ0) is 18.3. The molecule has 0 saturated carbocycles. The van der Waals surface area contributed by atoms with Gasteiger partial charge < -0.3 is 10.5 Å². The second-order valence-corrected chi connectivity index (χ2v) is 6.39. The summed E-state index contributed by atoms with van der Waals surface area (Å²) < 4.78 is 5.51. The number of aromatic nitrogens is 2. The van der Waals surface area contributed by atoms with Gasteiger partial charge in [-0.3, -0.25) is 15.2 Å². The number of nitriles is 1. The van der Waals surface area contributed by atoms with Gasteiger partial charge >= 0.3 is 0 Å². The second kappa shape index (κ2) is 6.02. The Bertz CT molecular complexity index is 1080. The molecule has 9 heteroatoms. The molecule has 0 bridgehead atoms. The van der Waals surface area contributed by atoms with Gasteiger partial charge in [-0.15, -0.1) is 5.10 Å². The van der Waals surface area contributed by atoms with Crippen molar-refractivity contribution >= 4 is 17.0 Å². The molecular formula is C17H11N5O3S. The number of nitrogens with one attached hydrogen (secondary N) is 1. The van der Waals surface area contributed by atoms with Gasteiger partial charge in [0.1, 0.15) is 11.6 Å². The number of fused-ring (bicyclic) bond motifs is 1. The Morgan fingerprint density at radius 3 is 2.96 bits per heavy atom. The van der Waals surface area contributed by atoms with E-state index in [-0.39, 0.29) is 23.0 Å². The summed E-state index contributed by atoms with van der Waals surface area (Å²) in [5.74, 6) is -0.185. The highest BCUT2D eigenvalue weighted by molar-refractivity contribution is 7.08. The minimum atomic E-state index is -0.461. The Kier molecular flexibility index (Phi) is 3.67. The van der Waals surface area contributed by atoms with Gasteiger partial charge in [0.2, 0.25) is 11.8 Å². The lowest BCUT2D eigenvalue weighted by Crippen LogP contribution is -2.20. The molecule has 26 heavy (non-hydrogen) atoms. The molecule has 0 spiro atoms. The summed E-state index contributed by atoms with van der Waals surface area (Å²) in [4.78, 5) is 10.6. The van der Waals surface area contributed by atoms with Crippen molar-refractivity contribution in [3.63, 3.8) is 0 Å². The van der Waals surface area contributed by atoms with Gasteiger partial charge in [0.05, 0.1) is 22.1 Å². The summed E-state index contributed by atoms with van der Waals surface area (Å²) in [6, 6.07) is 10.2. The Morgan fingerprint density at radius 1 is 1.42 bits per heavy atom. The van der Waals surface area contributed by atoms with Gasteiger partial charge in [0.25, 0.3) is 5.69 Å². The van der Waals surface area contributed by atoms with Gasteiger partial charge in [0, 0.05) is 17.7 Å². The molecule has 0 fully saturated rings. The first-order valence-electron chi connectivity index (χ1n) is 7.53. The van der Waals surface area contributed by atoms with Crippen LogP contribution in [0.5, 0.6) is 5.88 Å². The fourth-order valence-corrected chi connectivity index (χ4v) is 3.70. The number of nitro groups is 1. The molecule has 3 aromatic rings. The van der Waals surface area contributed by atoms with Crippen LogP contribution in [0.4, 0.5) is 5.69 Å². The van der Waals surface area contributed by atoms with Crippen LogP contribution in [0.1, 0.15) is 17.0 Å². The lowest BCUT2D eigenvalue weighted by Gasteiger charge is -2.23. The standard InChI is InChI=1S/C17H11N5O3S/c18-7-12-13(10-4-5-26-8-10)14-15(20-21-17(14)25-16(12)19)9-2-1-3-11(6-9)22(23)24/h1-6,8,13H,19H2,(H,20,21). The summed E-state index contributed by atoms with van der Waals surface area (Å²) >= 11 is 1.50. The molecule has 3 N–H and O–H groups in total. The molecule has 1 aliphatic heterocycles. The van der Waals surface area contributed by atoms with Crippen molar-refractivity contribution < 1.29 is 9.66 Å². The molecule has 128 valence electrons. The molecule has 1 aliphatic rings. The molecule has 0 amide bonds. The third kappa shape index (κ3) is 2.40. The molecular weight excluding hydrogens is 354 g/mol. The molecule has 1 unspecified atom stereocenters. The average Bonchev–Trinajstić information content (AvgIpc) is 3.30. The monoisotopic (exact) mass is 365 g/mol. The number of nitrogens with zero attached hydrogens (tertiary/aromatic N) is 3. The van der Waals surface area contributed by atoms with E-state index in [9.17, 15) is 15.4 Å². The summed E-state index contributed by atoms with van der Waals surface area (Å²) in [5, 5.41) is 31.5. The van der Waals surface area contributed by atoms with Crippen LogP contribution >= 0.6 is 11.3 Å². The van der Waals surface area contributed by atoms with Crippen molar-refractivity contribution in [2.24, 2.45) is 5.73 Å². The van der Waals surface area contributed by atoms with E-state index >= 15 is 0 Å². The number of nitrogens with two attached hydrogens (primary N) is 1. The minimum Gasteiger partial charge on any atom is -0.420 e. The molecule has 2 aromatic heterocycles. The zero-order valence-corrected chi connectivity index (χ0v) is 14.0. The molecule has 0 radical (unpaired) electrons. The number of H-pyrrole nitrogens is 1. The Morgan fingerprint density at radius 2 is 2.27 bits per heavy atom. The highest BCUT2D eigenvalue weighted by Crippen LogP contribution is 2.46.